The Labute approximate surface area is 170 Å². The highest BCUT2D eigenvalue weighted by molar-refractivity contribution is 5.95. The van der Waals surface area contributed by atoms with E-state index in [0.717, 1.165) is 30.3 Å². The standard InChI is InChI=1S/C24H25N3O2/c28-23(20-14-13-17-8-4-5-11-19(17)25-20)26-24-21-12-6-7-15-27(21)22(16-29-24)18-9-2-1-3-10-18/h1-5,8-11,13-14,21-22,24H,6-7,12,15-16H2,(H,26,28). The van der Waals surface area contributed by atoms with Crippen LogP contribution >= 0.6 is 0 Å². The number of nitrogens with zero attached hydrogens (tertiary/aromatic N) is 2. The molecule has 1 amide bonds. The molecule has 1 N–H and O–H groups in total. The van der Waals surface area contributed by atoms with Crippen LogP contribution in [0.3, 0.4) is 0 Å². The molecule has 0 aliphatic carbocycles. The predicted octanol–water partition coefficient (Wildman–Crippen LogP) is 3.92. The lowest BCUT2D eigenvalue weighted by Gasteiger charge is -2.48. The summed E-state index contributed by atoms with van der Waals surface area (Å²) in [7, 11) is 0. The molecule has 2 saturated heterocycles. The highest BCUT2D eigenvalue weighted by atomic mass is 16.5. The van der Waals surface area contributed by atoms with Crippen molar-refractivity contribution in [3.63, 3.8) is 0 Å². The van der Waals surface area contributed by atoms with Crippen molar-refractivity contribution >= 4 is 16.8 Å². The molecule has 148 valence electrons. The maximum absolute atomic E-state index is 12.9. The third-order valence-electron chi connectivity index (χ3n) is 6.06. The first-order valence-corrected chi connectivity index (χ1v) is 10.4. The summed E-state index contributed by atoms with van der Waals surface area (Å²) in [4.78, 5) is 20.0. The lowest BCUT2D eigenvalue weighted by atomic mass is 9.93. The fourth-order valence-corrected chi connectivity index (χ4v) is 4.59. The topological polar surface area (TPSA) is 54.5 Å². The highest BCUT2D eigenvalue weighted by Crippen LogP contribution is 2.34. The maximum Gasteiger partial charge on any atom is 0.271 e. The fraction of sp³-hybridized carbons (Fsp3) is 0.333. The van der Waals surface area contributed by atoms with Crippen molar-refractivity contribution in [2.24, 2.45) is 0 Å². The van der Waals surface area contributed by atoms with Crippen molar-refractivity contribution in [2.75, 3.05) is 13.2 Å². The van der Waals surface area contributed by atoms with Crippen LogP contribution in [0.2, 0.25) is 0 Å². The van der Waals surface area contributed by atoms with Crippen molar-refractivity contribution in [1.82, 2.24) is 15.2 Å². The number of rotatable bonds is 3. The molecular weight excluding hydrogens is 362 g/mol. The molecule has 3 unspecified atom stereocenters. The Bertz CT molecular complexity index is 1010. The smallest absolute Gasteiger partial charge is 0.271 e. The number of hydrogen-bond donors (Lipinski definition) is 1. The van der Waals surface area contributed by atoms with Crippen LogP contribution in [-0.2, 0) is 4.74 Å². The zero-order chi connectivity index (χ0) is 19.6. The number of piperidine rings is 1. The predicted molar refractivity (Wildman–Crippen MR) is 112 cm³/mol. The molecule has 0 spiro atoms. The molecule has 1 aromatic heterocycles. The van der Waals surface area contributed by atoms with Crippen molar-refractivity contribution in [1.29, 1.82) is 0 Å². The second-order valence-corrected chi connectivity index (χ2v) is 7.84. The van der Waals surface area contributed by atoms with Crippen molar-refractivity contribution in [2.45, 2.75) is 37.6 Å². The van der Waals surface area contributed by atoms with Gasteiger partial charge in [0.15, 0.2) is 0 Å². The summed E-state index contributed by atoms with van der Waals surface area (Å²) in [6, 6.07) is 22.5. The van der Waals surface area contributed by atoms with E-state index in [9.17, 15) is 4.79 Å². The highest BCUT2D eigenvalue weighted by Gasteiger charge is 2.40. The molecule has 2 aliphatic rings. The van der Waals surface area contributed by atoms with Crippen LogP contribution in [0.15, 0.2) is 66.7 Å². The summed E-state index contributed by atoms with van der Waals surface area (Å²) >= 11 is 0. The molecular formula is C24H25N3O2. The number of nitrogens with one attached hydrogen (secondary N) is 1. The SMILES string of the molecule is O=C(NC1OCC(c2ccccc2)N2CCCCC12)c1ccc2ccccc2n1. The quantitative estimate of drug-likeness (QED) is 0.740. The van der Waals surface area contributed by atoms with Crippen LogP contribution < -0.4 is 5.32 Å². The summed E-state index contributed by atoms with van der Waals surface area (Å²) in [5.74, 6) is -0.176. The number of carbonyl (C=O) groups is 1. The second-order valence-electron chi connectivity index (χ2n) is 7.84. The Hall–Kier alpha value is -2.76. The van der Waals surface area contributed by atoms with Gasteiger partial charge in [0.05, 0.1) is 24.2 Å². The number of morpholine rings is 1. The summed E-state index contributed by atoms with van der Waals surface area (Å²) in [5.41, 5.74) is 2.54. The molecule has 3 heterocycles. The zero-order valence-corrected chi connectivity index (χ0v) is 16.3. The lowest BCUT2D eigenvalue weighted by molar-refractivity contribution is -0.125. The Morgan fingerprint density at radius 1 is 1.00 bits per heavy atom. The van der Waals surface area contributed by atoms with Gasteiger partial charge in [-0.15, -0.1) is 0 Å². The van der Waals surface area contributed by atoms with Crippen LogP contribution in [0.4, 0.5) is 0 Å². The number of ether oxygens (including phenoxy) is 1. The fourth-order valence-electron chi connectivity index (χ4n) is 4.59. The minimum absolute atomic E-state index is 0.176. The van der Waals surface area contributed by atoms with Crippen LogP contribution in [0.1, 0.15) is 41.4 Å². The van der Waals surface area contributed by atoms with Crippen molar-refractivity contribution in [3.05, 3.63) is 78.0 Å². The van der Waals surface area contributed by atoms with Gasteiger partial charge in [-0.25, -0.2) is 4.98 Å². The van der Waals surface area contributed by atoms with Gasteiger partial charge < -0.3 is 10.1 Å². The number of aromatic nitrogens is 1. The van der Waals surface area contributed by atoms with Gasteiger partial charge in [0.2, 0.25) is 0 Å². The summed E-state index contributed by atoms with van der Waals surface area (Å²) in [6.45, 7) is 1.62. The van der Waals surface area contributed by atoms with Crippen LogP contribution in [-0.4, -0.2) is 41.2 Å². The molecule has 2 fully saturated rings. The van der Waals surface area contributed by atoms with Gasteiger partial charge in [0, 0.05) is 5.39 Å². The number of benzene rings is 2. The van der Waals surface area contributed by atoms with E-state index in [4.69, 9.17) is 4.74 Å². The van der Waals surface area contributed by atoms with Crippen LogP contribution in [0.5, 0.6) is 0 Å². The van der Waals surface area contributed by atoms with E-state index in [-0.39, 0.29) is 24.2 Å². The Morgan fingerprint density at radius 2 is 1.83 bits per heavy atom. The van der Waals surface area contributed by atoms with Gasteiger partial charge in [0.25, 0.3) is 5.91 Å². The van der Waals surface area contributed by atoms with Gasteiger partial charge in [-0.1, -0.05) is 61.0 Å². The van der Waals surface area contributed by atoms with E-state index in [1.807, 2.05) is 36.4 Å². The number of pyridine rings is 1. The van der Waals surface area contributed by atoms with E-state index in [1.165, 1.54) is 12.0 Å². The maximum atomic E-state index is 12.9. The van der Waals surface area contributed by atoms with Gasteiger partial charge in [-0.2, -0.15) is 0 Å². The number of para-hydroxylation sites is 1. The molecule has 5 nitrogen and oxygen atoms in total. The number of hydrogen-bond acceptors (Lipinski definition) is 4. The van der Waals surface area contributed by atoms with E-state index in [1.54, 1.807) is 6.07 Å². The molecule has 3 atom stereocenters. The zero-order valence-electron chi connectivity index (χ0n) is 16.3. The molecule has 0 radical (unpaired) electrons. The third-order valence-corrected chi connectivity index (χ3v) is 6.06. The molecule has 0 bridgehead atoms. The Kier molecular flexibility index (Phi) is 5.00. The van der Waals surface area contributed by atoms with E-state index in [2.05, 4.69) is 39.5 Å². The monoisotopic (exact) mass is 387 g/mol. The lowest BCUT2D eigenvalue weighted by Crippen LogP contribution is -2.60. The first-order chi connectivity index (χ1) is 14.3. The number of fused-ring (bicyclic) bond motifs is 2. The average Bonchev–Trinajstić information content (AvgIpc) is 2.79. The van der Waals surface area contributed by atoms with Gasteiger partial charge in [-0.05, 0) is 37.1 Å². The largest absolute Gasteiger partial charge is 0.355 e. The van der Waals surface area contributed by atoms with Crippen molar-refractivity contribution < 1.29 is 9.53 Å². The minimum Gasteiger partial charge on any atom is -0.355 e. The molecule has 0 saturated carbocycles. The van der Waals surface area contributed by atoms with Gasteiger partial charge in [0.1, 0.15) is 11.9 Å². The summed E-state index contributed by atoms with van der Waals surface area (Å²) in [5, 5.41) is 4.14. The van der Waals surface area contributed by atoms with E-state index >= 15 is 0 Å². The average molecular weight is 387 g/mol. The molecule has 29 heavy (non-hydrogen) atoms. The second kappa shape index (κ2) is 7.93. The first-order valence-electron chi connectivity index (χ1n) is 10.4. The molecule has 5 rings (SSSR count). The molecule has 2 aliphatic heterocycles. The normalized spacial score (nSPS) is 24.8. The molecule has 2 aromatic carbocycles. The van der Waals surface area contributed by atoms with Gasteiger partial charge in [-0.3, -0.25) is 9.69 Å². The van der Waals surface area contributed by atoms with Crippen molar-refractivity contribution in [3.8, 4) is 0 Å². The van der Waals surface area contributed by atoms with Crippen LogP contribution in [0, 0.1) is 0 Å². The Morgan fingerprint density at radius 3 is 2.72 bits per heavy atom. The van der Waals surface area contributed by atoms with Crippen LogP contribution in [0.25, 0.3) is 10.9 Å². The van der Waals surface area contributed by atoms with Gasteiger partial charge >= 0.3 is 0 Å². The minimum atomic E-state index is -0.309. The summed E-state index contributed by atoms with van der Waals surface area (Å²) < 4.78 is 6.19. The molecule has 5 heteroatoms. The molecule has 3 aromatic rings. The number of amides is 1. The summed E-state index contributed by atoms with van der Waals surface area (Å²) in [6.07, 6.45) is 3.06. The van der Waals surface area contributed by atoms with E-state index in [0.29, 0.717) is 12.3 Å². The van der Waals surface area contributed by atoms with E-state index < -0.39 is 0 Å². The Balaban J connectivity index is 1.35. The number of carbonyl (C=O) groups excluding carboxylic acids is 1. The third kappa shape index (κ3) is 3.63. The first kappa shape index (κ1) is 18.3.